The lowest BCUT2D eigenvalue weighted by Gasteiger charge is -2.09. The minimum absolute atomic E-state index is 0.962. The van der Waals surface area contributed by atoms with Crippen LogP contribution in [-0.4, -0.2) is 0 Å². The van der Waals surface area contributed by atoms with Gasteiger partial charge in [-0.15, -0.1) is 0 Å². The van der Waals surface area contributed by atoms with Gasteiger partial charge in [0.15, 0.2) is 0 Å². The molecule has 1 radical (unpaired) electrons. The molecule has 129 valence electrons. The molecule has 0 heteroatoms. The topological polar surface area (TPSA) is 0 Å². The van der Waals surface area contributed by atoms with Crippen molar-refractivity contribution in [2.24, 2.45) is 0 Å². The molecular weight excluding hydrogens is 324 g/mol. The summed E-state index contributed by atoms with van der Waals surface area (Å²) in [4.78, 5) is 0. The summed E-state index contributed by atoms with van der Waals surface area (Å²) < 4.78 is 0. The average molecular weight is 345 g/mol. The molecule has 4 aromatic rings. The van der Waals surface area contributed by atoms with Crippen LogP contribution in [0, 0.1) is 19.9 Å². The standard InChI is InChI=1S/C27H21/c1-18-7-3-5-9-24(18)20-11-13-26-22(15-20)17-23-16-21(12-14-27(23)26)25-10-6-4-8-19(25)2/h3-15H,17H2,1-2H3. The molecule has 1 aliphatic carbocycles. The molecule has 1 aliphatic rings. The van der Waals surface area contributed by atoms with E-state index in [1.165, 1.54) is 55.6 Å². The minimum Gasteiger partial charge on any atom is -0.0620 e. The smallest absolute Gasteiger partial charge is 0.000684 e. The lowest BCUT2D eigenvalue weighted by molar-refractivity contribution is 1.26. The van der Waals surface area contributed by atoms with E-state index in [-0.39, 0.29) is 0 Å². The first kappa shape index (κ1) is 16.1. The molecule has 0 saturated carbocycles. The molecule has 5 rings (SSSR count). The summed E-state index contributed by atoms with van der Waals surface area (Å²) in [5.74, 6) is 0. The maximum Gasteiger partial charge on any atom is -0.000684 e. The monoisotopic (exact) mass is 345 g/mol. The molecule has 0 fully saturated rings. The van der Waals surface area contributed by atoms with Crippen molar-refractivity contribution in [2.45, 2.75) is 20.3 Å². The molecule has 0 aromatic heterocycles. The molecule has 4 aromatic carbocycles. The Labute approximate surface area is 161 Å². The number of rotatable bonds is 2. The summed E-state index contributed by atoms with van der Waals surface area (Å²) in [6.07, 6.45) is 0.962. The fourth-order valence-corrected chi connectivity index (χ4v) is 4.22. The van der Waals surface area contributed by atoms with E-state index in [0.717, 1.165) is 6.42 Å². The van der Waals surface area contributed by atoms with Gasteiger partial charge in [-0.25, -0.2) is 0 Å². The third-order valence-electron chi connectivity index (χ3n) is 5.68. The minimum atomic E-state index is 0.962. The molecule has 0 amide bonds. The van der Waals surface area contributed by atoms with Crippen LogP contribution in [0.2, 0.25) is 0 Å². The van der Waals surface area contributed by atoms with E-state index in [1.807, 2.05) is 0 Å². The predicted octanol–water partition coefficient (Wildman–Crippen LogP) is 7.01. The highest BCUT2D eigenvalue weighted by atomic mass is 14.2. The van der Waals surface area contributed by atoms with Gasteiger partial charge in [0.25, 0.3) is 0 Å². The summed E-state index contributed by atoms with van der Waals surface area (Å²) in [7, 11) is 0. The predicted molar refractivity (Wildman–Crippen MR) is 114 cm³/mol. The van der Waals surface area contributed by atoms with Crippen LogP contribution in [0.5, 0.6) is 0 Å². The van der Waals surface area contributed by atoms with Gasteiger partial charge in [0.1, 0.15) is 0 Å². The van der Waals surface area contributed by atoms with E-state index < -0.39 is 0 Å². The number of aryl methyl sites for hydroxylation is 2. The molecular formula is C27H21. The van der Waals surface area contributed by atoms with E-state index in [4.69, 9.17) is 0 Å². The molecule has 0 unspecified atom stereocenters. The summed E-state index contributed by atoms with van der Waals surface area (Å²) in [6, 6.07) is 32.2. The SMILES string of the molecule is Cc1ccccc1-c1[c]c2c(cc1)-c1ccc(-c3ccccc3C)cc1C2. The summed E-state index contributed by atoms with van der Waals surface area (Å²) >= 11 is 0. The maximum atomic E-state index is 3.70. The normalized spacial score (nSPS) is 11.9. The third-order valence-corrected chi connectivity index (χ3v) is 5.68. The first-order chi connectivity index (χ1) is 13.2. The lowest BCUT2D eigenvalue weighted by Crippen LogP contribution is -1.87. The second-order valence-corrected chi connectivity index (χ2v) is 7.44. The highest BCUT2D eigenvalue weighted by Gasteiger charge is 2.20. The largest absolute Gasteiger partial charge is 0.0620 e. The van der Waals surface area contributed by atoms with Crippen molar-refractivity contribution in [1.29, 1.82) is 0 Å². The molecule has 0 heterocycles. The zero-order chi connectivity index (χ0) is 18.4. The van der Waals surface area contributed by atoms with Crippen molar-refractivity contribution in [3.8, 4) is 33.4 Å². The number of fused-ring (bicyclic) bond motifs is 3. The van der Waals surface area contributed by atoms with Crippen molar-refractivity contribution < 1.29 is 0 Å². The Bertz CT molecular complexity index is 1070. The third kappa shape index (κ3) is 2.69. The van der Waals surface area contributed by atoms with Crippen LogP contribution >= 0.6 is 0 Å². The molecule has 0 bridgehead atoms. The van der Waals surface area contributed by atoms with Gasteiger partial charge in [-0.1, -0.05) is 78.9 Å². The van der Waals surface area contributed by atoms with Crippen molar-refractivity contribution in [1.82, 2.24) is 0 Å². The average Bonchev–Trinajstić information content (AvgIpc) is 3.05. The van der Waals surface area contributed by atoms with Crippen LogP contribution in [0.1, 0.15) is 22.3 Å². The van der Waals surface area contributed by atoms with Crippen molar-refractivity contribution in [2.75, 3.05) is 0 Å². The van der Waals surface area contributed by atoms with Crippen LogP contribution in [0.15, 0.2) is 78.9 Å². The van der Waals surface area contributed by atoms with Crippen molar-refractivity contribution >= 4 is 0 Å². The van der Waals surface area contributed by atoms with E-state index in [2.05, 4.69) is 98.8 Å². The van der Waals surface area contributed by atoms with E-state index in [9.17, 15) is 0 Å². The lowest BCUT2D eigenvalue weighted by atomic mass is 9.95. The molecule has 0 nitrogen and oxygen atoms in total. The molecule has 0 saturated heterocycles. The fourth-order valence-electron chi connectivity index (χ4n) is 4.22. The Morgan fingerprint density at radius 3 is 2.04 bits per heavy atom. The molecule has 0 aliphatic heterocycles. The van der Waals surface area contributed by atoms with Gasteiger partial charge >= 0.3 is 0 Å². The zero-order valence-corrected chi connectivity index (χ0v) is 15.7. The zero-order valence-electron chi connectivity index (χ0n) is 15.7. The molecule has 0 N–H and O–H groups in total. The van der Waals surface area contributed by atoms with E-state index in [1.54, 1.807) is 0 Å². The second kappa shape index (κ2) is 6.25. The van der Waals surface area contributed by atoms with Gasteiger partial charge in [-0.2, -0.15) is 0 Å². The van der Waals surface area contributed by atoms with E-state index >= 15 is 0 Å². The maximum absolute atomic E-state index is 3.70. The van der Waals surface area contributed by atoms with Crippen LogP contribution in [0.25, 0.3) is 33.4 Å². The van der Waals surface area contributed by atoms with Gasteiger partial charge in [0, 0.05) is 0 Å². The second-order valence-electron chi connectivity index (χ2n) is 7.44. The van der Waals surface area contributed by atoms with Gasteiger partial charge in [0.2, 0.25) is 0 Å². The van der Waals surface area contributed by atoms with Gasteiger partial charge in [0.05, 0.1) is 0 Å². The summed E-state index contributed by atoms with van der Waals surface area (Å²) in [5, 5.41) is 0. The van der Waals surface area contributed by atoms with Crippen molar-refractivity contribution in [3.63, 3.8) is 0 Å². The van der Waals surface area contributed by atoms with Crippen LogP contribution in [0.4, 0.5) is 0 Å². The van der Waals surface area contributed by atoms with Gasteiger partial charge in [-0.3, -0.25) is 0 Å². The summed E-state index contributed by atoms with van der Waals surface area (Å²) in [5.41, 5.74) is 13.1. The highest BCUT2D eigenvalue weighted by Crippen LogP contribution is 2.40. The summed E-state index contributed by atoms with van der Waals surface area (Å²) in [6.45, 7) is 4.35. The molecule has 0 spiro atoms. The number of benzene rings is 4. The van der Waals surface area contributed by atoms with Crippen LogP contribution in [0.3, 0.4) is 0 Å². The molecule has 0 atom stereocenters. The van der Waals surface area contributed by atoms with Gasteiger partial charge < -0.3 is 0 Å². The Morgan fingerprint density at radius 1 is 0.630 bits per heavy atom. The quantitative estimate of drug-likeness (QED) is 0.323. The Hall–Kier alpha value is -3.12. The number of hydrogen-bond donors (Lipinski definition) is 0. The first-order valence-electron chi connectivity index (χ1n) is 9.51. The fraction of sp³-hybridized carbons (Fsp3) is 0.111. The first-order valence-corrected chi connectivity index (χ1v) is 9.51. The molecule has 27 heavy (non-hydrogen) atoms. The number of hydrogen-bond acceptors (Lipinski definition) is 0. The van der Waals surface area contributed by atoms with E-state index in [0.29, 0.717) is 0 Å². The Kier molecular flexibility index (Phi) is 3.72. The van der Waals surface area contributed by atoms with Gasteiger partial charge in [-0.05, 0) is 82.0 Å². The van der Waals surface area contributed by atoms with Crippen LogP contribution < -0.4 is 0 Å². The highest BCUT2D eigenvalue weighted by molar-refractivity contribution is 5.83. The Morgan fingerprint density at radius 2 is 1.30 bits per heavy atom. The Balaban J connectivity index is 1.56. The van der Waals surface area contributed by atoms with Crippen LogP contribution in [-0.2, 0) is 6.42 Å². The van der Waals surface area contributed by atoms with Crippen molar-refractivity contribution in [3.05, 3.63) is 107 Å².